The lowest BCUT2D eigenvalue weighted by Crippen LogP contribution is -2.13. The summed E-state index contributed by atoms with van der Waals surface area (Å²) in [7, 11) is 1.02. The second-order valence-corrected chi connectivity index (χ2v) is 3.87. The highest BCUT2D eigenvalue weighted by atomic mass is 127. The Morgan fingerprint density at radius 1 is 1.38 bits per heavy atom. The lowest BCUT2D eigenvalue weighted by Gasteiger charge is -2.13. The number of nitrogens with zero attached hydrogens (tertiary/aromatic N) is 1. The molecule has 0 fully saturated rings. The molecule has 0 aliphatic carbocycles. The first-order valence-electron chi connectivity index (χ1n) is 3.87. The van der Waals surface area contributed by atoms with E-state index in [9.17, 15) is 22.0 Å². The monoisotopic (exact) mass is 353 g/mol. The Hall–Kier alpha value is -0.670. The van der Waals surface area contributed by atoms with Crippen molar-refractivity contribution in [2.45, 2.75) is 12.6 Å². The van der Waals surface area contributed by atoms with Gasteiger partial charge in [-0.05, 0) is 28.7 Å². The molecule has 0 spiro atoms. The largest absolute Gasteiger partial charge is 0.493 e. The van der Waals surface area contributed by atoms with Gasteiger partial charge in [-0.3, -0.25) is 0 Å². The maximum Gasteiger partial charge on any atom is 0.437 e. The van der Waals surface area contributed by atoms with Gasteiger partial charge in [0.25, 0.3) is 6.43 Å². The molecule has 0 aliphatic rings. The van der Waals surface area contributed by atoms with Gasteiger partial charge in [0.15, 0.2) is 11.4 Å². The van der Waals surface area contributed by atoms with Crippen LogP contribution in [0.1, 0.15) is 17.8 Å². The fourth-order valence-corrected chi connectivity index (χ4v) is 1.81. The second-order valence-electron chi connectivity index (χ2n) is 2.71. The number of methoxy groups -OCH3 is 1. The van der Waals surface area contributed by atoms with E-state index in [2.05, 4.69) is 9.72 Å². The number of alkyl halides is 5. The average molecular weight is 353 g/mol. The Bertz CT molecular complexity index is 393. The fourth-order valence-electron chi connectivity index (χ4n) is 1.02. The molecule has 0 radical (unpaired) electrons. The molecular formula is C8H5F5INO. The minimum Gasteiger partial charge on any atom is -0.493 e. The van der Waals surface area contributed by atoms with Crippen LogP contribution in [0, 0.1) is 3.57 Å². The van der Waals surface area contributed by atoms with Crippen molar-refractivity contribution < 1.29 is 26.7 Å². The van der Waals surface area contributed by atoms with E-state index in [0.717, 1.165) is 13.2 Å². The third-order valence-electron chi connectivity index (χ3n) is 1.64. The molecule has 8 heteroatoms. The maximum absolute atomic E-state index is 12.5. The van der Waals surface area contributed by atoms with Gasteiger partial charge < -0.3 is 4.74 Å². The van der Waals surface area contributed by atoms with Crippen molar-refractivity contribution in [3.05, 3.63) is 21.0 Å². The van der Waals surface area contributed by atoms with Crippen LogP contribution in [0.2, 0.25) is 0 Å². The molecule has 0 unspecified atom stereocenters. The van der Waals surface area contributed by atoms with Crippen LogP contribution < -0.4 is 4.74 Å². The molecule has 2 nitrogen and oxygen atoms in total. The van der Waals surface area contributed by atoms with E-state index >= 15 is 0 Å². The summed E-state index contributed by atoms with van der Waals surface area (Å²) in [6.07, 6.45) is -7.88. The molecule has 0 amide bonds. The van der Waals surface area contributed by atoms with Crippen molar-refractivity contribution >= 4 is 22.6 Å². The van der Waals surface area contributed by atoms with Crippen molar-refractivity contribution in [3.8, 4) is 5.75 Å². The topological polar surface area (TPSA) is 22.1 Å². The van der Waals surface area contributed by atoms with E-state index in [-0.39, 0.29) is 3.57 Å². The third-order valence-corrected chi connectivity index (χ3v) is 2.45. The summed E-state index contributed by atoms with van der Waals surface area (Å²) in [6, 6.07) is 0.860. The highest BCUT2D eigenvalue weighted by Crippen LogP contribution is 2.38. The zero-order valence-electron chi connectivity index (χ0n) is 7.78. The predicted octanol–water partition coefficient (Wildman–Crippen LogP) is 3.65. The first-order chi connectivity index (χ1) is 7.27. The summed E-state index contributed by atoms with van der Waals surface area (Å²) < 4.78 is 66.4. The van der Waals surface area contributed by atoms with Crippen LogP contribution in [0.3, 0.4) is 0 Å². The standard InChI is InChI=1S/C8H5F5INO/c1-16-5-3(14)2-4(7(9)10)15-6(5)8(11,12)13/h2,7H,1H3. The molecule has 1 rings (SSSR count). The second kappa shape index (κ2) is 4.68. The Kier molecular flexibility index (Phi) is 3.92. The van der Waals surface area contributed by atoms with Crippen molar-refractivity contribution in [3.63, 3.8) is 0 Å². The van der Waals surface area contributed by atoms with Crippen molar-refractivity contribution in [2.24, 2.45) is 0 Å². The predicted molar refractivity (Wildman–Crippen MR) is 53.5 cm³/mol. The van der Waals surface area contributed by atoms with Crippen LogP contribution in [-0.4, -0.2) is 12.1 Å². The first-order valence-corrected chi connectivity index (χ1v) is 4.95. The van der Waals surface area contributed by atoms with Gasteiger partial charge in [-0.15, -0.1) is 0 Å². The molecule has 16 heavy (non-hydrogen) atoms. The summed E-state index contributed by atoms with van der Waals surface area (Å²) in [5.74, 6) is -0.544. The van der Waals surface area contributed by atoms with Crippen LogP contribution in [0.15, 0.2) is 6.07 Å². The number of pyridine rings is 1. The molecule has 0 N–H and O–H groups in total. The maximum atomic E-state index is 12.5. The smallest absolute Gasteiger partial charge is 0.437 e. The van der Waals surface area contributed by atoms with E-state index in [0.29, 0.717) is 0 Å². The average Bonchev–Trinajstić information content (AvgIpc) is 2.14. The summed E-state index contributed by atoms with van der Waals surface area (Å²) in [5.41, 5.74) is -2.35. The van der Waals surface area contributed by atoms with Gasteiger partial charge in [-0.25, -0.2) is 13.8 Å². The minimum absolute atomic E-state index is 0.0577. The molecule has 0 saturated heterocycles. The first kappa shape index (κ1) is 13.4. The Balaban J connectivity index is 3.43. The van der Waals surface area contributed by atoms with Crippen LogP contribution in [0.5, 0.6) is 5.75 Å². The molecule has 1 aromatic heterocycles. The number of hydrogen-bond donors (Lipinski definition) is 0. The molecule has 1 aromatic rings. The van der Waals surface area contributed by atoms with Gasteiger partial charge >= 0.3 is 6.18 Å². The quantitative estimate of drug-likeness (QED) is 0.598. The van der Waals surface area contributed by atoms with Gasteiger partial charge in [-0.2, -0.15) is 13.2 Å². The van der Waals surface area contributed by atoms with Crippen LogP contribution in [0.4, 0.5) is 22.0 Å². The zero-order chi connectivity index (χ0) is 12.5. The number of ether oxygens (including phenoxy) is 1. The lowest BCUT2D eigenvalue weighted by atomic mass is 10.2. The molecule has 1 heterocycles. The summed E-state index contributed by atoms with van der Waals surface area (Å²) >= 11 is 1.49. The van der Waals surface area contributed by atoms with Gasteiger partial charge in [0, 0.05) is 0 Å². The van der Waals surface area contributed by atoms with Gasteiger partial charge in [-0.1, -0.05) is 0 Å². The number of aromatic nitrogens is 1. The van der Waals surface area contributed by atoms with Gasteiger partial charge in [0.1, 0.15) is 5.69 Å². The molecule has 90 valence electrons. The fraction of sp³-hybridized carbons (Fsp3) is 0.375. The van der Waals surface area contributed by atoms with E-state index in [1.807, 2.05) is 0 Å². The molecule has 0 atom stereocenters. The molecule has 0 saturated carbocycles. The SMILES string of the molecule is COc1c(I)cc(C(F)F)nc1C(F)(F)F. The molecule has 0 aromatic carbocycles. The van der Waals surface area contributed by atoms with Crippen molar-refractivity contribution in [1.29, 1.82) is 0 Å². The highest BCUT2D eigenvalue weighted by Gasteiger charge is 2.38. The minimum atomic E-state index is -4.82. The Morgan fingerprint density at radius 2 is 1.94 bits per heavy atom. The van der Waals surface area contributed by atoms with Crippen LogP contribution in [-0.2, 0) is 6.18 Å². The molecule has 0 aliphatic heterocycles. The van der Waals surface area contributed by atoms with Crippen LogP contribution >= 0.6 is 22.6 Å². The number of halogens is 6. The lowest BCUT2D eigenvalue weighted by molar-refractivity contribution is -0.142. The normalized spacial score (nSPS) is 12.0. The van der Waals surface area contributed by atoms with E-state index in [1.165, 1.54) is 22.6 Å². The highest BCUT2D eigenvalue weighted by molar-refractivity contribution is 14.1. The Labute approximate surface area is 101 Å². The molecular weight excluding hydrogens is 348 g/mol. The van der Waals surface area contributed by atoms with Gasteiger partial charge in [0.05, 0.1) is 10.7 Å². The zero-order valence-corrected chi connectivity index (χ0v) is 9.94. The Morgan fingerprint density at radius 3 is 2.31 bits per heavy atom. The third kappa shape index (κ3) is 2.71. The van der Waals surface area contributed by atoms with E-state index in [1.54, 1.807) is 0 Å². The number of rotatable bonds is 2. The molecule has 0 bridgehead atoms. The number of hydrogen-bond acceptors (Lipinski definition) is 2. The van der Waals surface area contributed by atoms with E-state index in [4.69, 9.17) is 0 Å². The van der Waals surface area contributed by atoms with Crippen molar-refractivity contribution in [2.75, 3.05) is 7.11 Å². The van der Waals surface area contributed by atoms with Gasteiger partial charge in [0.2, 0.25) is 0 Å². The summed E-state index contributed by atoms with van der Waals surface area (Å²) in [6.45, 7) is 0. The van der Waals surface area contributed by atoms with Crippen LogP contribution in [0.25, 0.3) is 0 Å². The summed E-state index contributed by atoms with van der Waals surface area (Å²) in [4.78, 5) is 2.87. The van der Waals surface area contributed by atoms with E-state index < -0.39 is 29.7 Å². The summed E-state index contributed by atoms with van der Waals surface area (Å²) in [5, 5.41) is 0. The van der Waals surface area contributed by atoms with Crippen molar-refractivity contribution in [1.82, 2.24) is 4.98 Å².